The third kappa shape index (κ3) is 2.98. The molecule has 1 fully saturated rings. The molecule has 1 heterocycles. The summed E-state index contributed by atoms with van der Waals surface area (Å²) in [5, 5.41) is 3.81. The molecule has 0 radical (unpaired) electrons. The van der Waals surface area contributed by atoms with Crippen LogP contribution in [0.25, 0.3) is 0 Å². The van der Waals surface area contributed by atoms with Crippen molar-refractivity contribution in [3.8, 4) is 0 Å². The largest absolute Gasteiger partial charge is 0.308 e. The Hall–Kier alpha value is -0.0800. The molecular weight excluding hydrogens is 196 g/mol. The van der Waals surface area contributed by atoms with E-state index >= 15 is 0 Å². The molecule has 1 atom stereocenters. The van der Waals surface area contributed by atoms with E-state index in [1.807, 2.05) is 0 Å². The second-order valence-corrected chi connectivity index (χ2v) is 5.65. The van der Waals surface area contributed by atoms with Crippen LogP contribution in [0.15, 0.2) is 0 Å². The van der Waals surface area contributed by atoms with E-state index in [-0.39, 0.29) is 0 Å². The van der Waals surface area contributed by atoms with Gasteiger partial charge in [0.05, 0.1) is 0 Å². The highest BCUT2D eigenvalue weighted by molar-refractivity contribution is 4.97. The van der Waals surface area contributed by atoms with Gasteiger partial charge in [0, 0.05) is 24.7 Å². The zero-order valence-electron chi connectivity index (χ0n) is 11.8. The van der Waals surface area contributed by atoms with Gasteiger partial charge < -0.3 is 5.32 Å². The predicted octanol–water partition coefficient (Wildman–Crippen LogP) is 2.89. The molecule has 1 N–H and O–H groups in total. The lowest BCUT2D eigenvalue weighted by Gasteiger charge is -2.49. The van der Waals surface area contributed by atoms with Crippen LogP contribution in [0, 0.1) is 5.92 Å². The van der Waals surface area contributed by atoms with Crippen LogP contribution < -0.4 is 5.32 Å². The van der Waals surface area contributed by atoms with Crippen molar-refractivity contribution in [2.75, 3.05) is 19.6 Å². The van der Waals surface area contributed by atoms with Gasteiger partial charge in [0.25, 0.3) is 0 Å². The summed E-state index contributed by atoms with van der Waals surface area (Å²) in [6.45, 7) is 15.3. The van der Waals surface area contributed by atoms with E-state index in [2.05, 4.69) is 44.8 Å². The van der Waals surface area contributed by atoms with Crippen molar-refractivity contribution in [2.45, 2.75) is 65.5 Å². The number of nitrogens with one attached hydrogen (secondary N) is 1. The quantitative estimate of drug-likeness (QED) is 0.775. The number of rotatable bonds is 5. The second kappa shape index (κ2) is 6.02. The topological polar surface area (TPSA) is 15.3 Å². The highest BCUT2D eigenvalue weighted by Crippen LogP contribution is 2.25. The van der Waals surface area contributed by atoms with Crippen LogP contribution in [0.1, 0.15) is 53.9 Å². The van der Waals surface area contributed by atoms with Crippen LogP contribution in [0.5, 0.6) is 0 Å². The fraction of sp³-hybridized carbons (Fsp3) is 1.00. The van der Waals surface area contributed by atoms with E-state index in [9.17, 15) is 0 Å². The molecule has 1 aliphatic rings. The maximum absolute atomic E-state index is 3.81. The summed E-state index contributed by atoms with van der Waals surface area (Å²) in [6.07, 6.45) is 3.76. The lowest BCUT2D eigenvalue weighted by molar-refractivity contribution is 0.0506. The average molecular weight is 226 g/mol. The summed E-state index contributed by atoms with van der Waals surface area (Å²) in [5.74, 6) is 0.755. The molecule has 1 unspecified atom stereocenters. The molecule has 0 aromatic rings. The maximum atomic E-state index is 3.81. The van der Waals surface area contributed by atoms with Crippen LogP contribution in [-0.4, -0.2) is 36.1 Å². The normalized spacial score (nSPS) is 26.2. The Morgan fingerprint density at radius 1 is 1.25 bits per heavy atom. The smallest absolute Gasteiger partial charge is 0.0304 e. The molecule has 2 nitrogen and oxygen atoms in total. The molecule has 2 heteroatoms. The van der Waals surface area contributed by atoms with E-state index in [0.29, 0.717) is 5.54 Å². The lowest BCUT2D eigenvalue weighted by Crippen LogP contribution is -2.65. The van der Waals surface area contributed by atoms with Gasteiger partial charge in [-0.1, -0.05) is 34.6 Å². The third-order valence-corrected chi connectivity index (χ3v) is 4.29. The maximum Gasteiger partial charge on any atom is 0.0304 e. The fourth-order valence-corrected chi connectivity index (χ4v) is 2.93. The minimum atomic E-state index is 0.376. The first-order valence-electron chi connectivity index (χ1n) is 7.07. The molecule has 1 saturated heterocycles. The van der Waals surface area contributed by atoms with Gasteiger partial charge in [0.15, 0.2) is 0 Å². The van der Waals surface area contributed by atoms with Gasteiger partial charge in [-0.3, -0.25) is 4.90 Å². The number of piperazine rings is 1. The van der Waals surface area contributed by atoms with Crippen molar-refractivity contribution >= 4 is 0 Å². The monoisotopic (exact) mass is 226 g/mol. The molecule has 0 aliphatic carbocycles. The van der Waals surface area contributed by atoms with Crippen molar-refractivity contribution in [3.05, 3.63) is 0 Å². The van der Waals surface area contributed by atoms with Gasteiger partial charge >= 0.3 is 0 Å². The van der Waals surface area contributed by atoms with E-state index in [0.717, 1.165) is 12.0 Å². The molecule has 0 bridgehead atoms. The first-order valence-corrected chi connectivity index (χ1v) is 7.07. The minimum Gasteiger partial charge on any atom is -0.308 e. The Balaban J connectivity index is 2.70. The summed E-state index contributed by atoms with van der Waals surface area (Å²) in [4.78, 5) is 2.72. The Morgan fingerprint density at radius 3 is 2.31 bits per heavy atom. The molecule has 1 aliphatic heterocycles. The van der Waals surface area contributed by atoms with Crippen LogP contribution in [0.3, 0.4) is 0 Å². The van der Waals surface area contributed by atoms with Crippen LogP contribution >= 0.6 is 0 Å². The Morgan fingerprint density at radius 2 is 1.88 bits per heavy atom. The van der Waals surface area contributed by atoms with E-state index in [1.54, 1.807) is 0 Å². The van der Waals surface area contributed by atoms with E-state index in [4.69, 9.17) is 0 Å². The van der Waals surface area contributed by atoms with Crippen molar-refractivity contribution in [2.24, 2.45) is 5.92 Å². The molecule has 0 spiro atoms. The van der Waals surface area contributed by atoms with Crippen molar-refractivity contribution in [3.63, 3.8) is 0 Å². The highest BCUT2D eigenvalue weighted by Gasteiger charge is 2.37. The van der Waals surface area contributed by atoms with Gasteiger partial charge in [0.1, 0.15) is 0 Å². The molecular formula is C14H30N2. The van der Waals surface area contributed by atoms with Crippen molar-refractivity contribution < 1.29 is 0 Å². The van der Waals surface area contributed by atoms with Crippen LogP contribution in [0.4, 0.5) is 0 Å². The molecule has 16 heavy (non-hydrogen) atoms. The summed E-state index contributed by atoms with van der Waals surface area (Å²) >= 11 is 0. The van der Waals surface area contributed by atoms with Crippen molar-refractivity contribution in [1.29, 1.82) is 0 Å². The molecule has 1 rings (SSSR count). The van der Waals surface area contributed by atoms with Gasteiger partial charge in [-0.05, 0) is 31.7 Å². The second-order valence-electron chi connectivity index (χ2n) is 5.65. The molecule has 0 aromatic carbocycles. The highest BCUT2D eigenvalue weighted by atomic mass is 15.3. The van der Waals surface area contributed by atoms with E-state index < -0.39 is 0 Å². The summed E-state index contributed by atoms with van der Waals surface area (Å²) in [5.41, 5.74) is 0.376. The Labute approximate surface area is 102 Å². The third-order valence-electron chi connectivity index (χ3n) is 4.29. The standard InChI is InChI=1S/C14H30N2/c1-6-9-16-11-14(7-2,8-3)15-10-13(16)12(4)5/h12-13,15H,6-11H2,1-5H3. The first-order chi connectivity index (χ1) is 7.58. The Kier molecular flexibility index (Phi) is 5.26. The van der Waals surface area contributed by atoms with Gasteiger partial charge in [-0.25, -0.2) is 0 Å². The average Bonchev–Trinajstić information content (AvgIpc) is 2.29. The Bertz CT molecular complexity index is 197. The van der Waals surface area contributed by atoms with Gasteiger partial charge in [-0.2, -0.15) is 0 Å². The van der Waals surface area contributed by atoms with E-state index in [1.165, 1.54) is 38.9 Å². The zero-order chi connectivity index (χ0) is 12.2. The summed E-state index contributed by atoms with van der Waals surface area (Å²) < 4.78 is 0. The summed E-state index contributed by atoms with van der Waals surface area (Å²) in [6, 6.07) is 0.728. The van der Waals surface area contributed by atoms with Crippen LogP contribution in [0.2, 0.25) is 0 Å². The fourth-order valence-electron chi connectivity index (χ4n) is 2.93. The summed E-state index contributed by atoms with van der Waals surface area (Å²) in [7, 11) is 0. The van der Waals surface area contributed by atoms with Crippen LogP contribution in [-0.2, 0) is 0 Å². The van der Waals surface area contributed by atoms with Gasteiger partial charge in [0.2, 0.25) is 0 Å². The predicted molar refractivity (Wildman–Crippen MR) is 71.8 cm³/mol. The zero-order valence-corrected chi connectivity index (χ0v) is 11.8. The minimum absolute atomic E-state index is 0.376. The lowest BCUT2D eigenvalue weighted by atomic mass is 9.86. The molecule has 0 aromatic heterocycles. The first kappa shape index (κ1) is 14.0. The number of nitrogens with zero attached hydrogens (tertiary/aromatic N) is 1. The molecule has 96 valence electrons. The SMILES string of the molecule is CCCN1CC(CC)(CC)NCC1C(C)C. The number of hydrogen-bond donors (Lipinski definition) is 1. The molecule has 0 saturated carbocycles. The molecule has 0 amide bonds. The van der Waals surface area contributed by atoms with Gasteiger partial charge in [-0.15, -0.1) is 0 Å². The van der Waals surface area contributed by atoms with Crippen molar-refractivity contribution in [1.82, 2.24) is 10.2 Å². The number of hydrogen-bond acceptors (Lipinski definition) is 2.